The Bertz CT molecular complexity index is 490. The lowest BCUT2D eigenvalue weighted by Crippen LogP contribution is -1.90. The number of aryl methyl sites for hydroxylation is 1. The van der Waals surface area contributed by atoms with Crippen molar-refractivity contribution in [1.29, 1.82) is 0 Å². The van der Waals surface area contributed by atoms with E-state index in [0.717, 1.165) is 5.69 Å². The zero-order valence-electron chi connectivity index (χ0n) is 8.54. The van der Waals surface area contributed by atoms with Crippen molar-refractivity contribution in [2.24, 2.45) is 0 Å². The third-order valence-electron chi connectivity index (χ3n) is 2.19. The van der Waals surface area contributed by atoms with Crippen LogP contribution >= 0.6 is 0 Å². The Kier molecular flexibility index (Phi) is 2.55. The normalized spacial score (nSPS) is 11.0. The number of halogens is 2. The van der Waals surface area contributed by atoms with Crippen LogP contribution in [0.25, 0.3) is 11.3 Å². The van der Waals surface area contributed by atoms with Gasteiger partial charge in [0.25, 0.3) is 6.43 Å². The van der Waals surface area contributed by atoms with E-state index < -0.39 is 6.43 Å². The van der Waals surface area contributed by atoms with E-state index in [9.17, 15) is 8.78 Å². The smallest absolute Gasteiger partial charge is 0.280 e. The highest BCUT2D eigenvalue weighted by molar-refractivity contribution is 5.62. The lowest BCUT2D eigenvalue weighted by Gasteiger charge is -2.00. The molecule has 2 heterocycles. The molecule has 0 unspecified atom stereocenters. The van der Waals surface area contributed by atoms with Gasteiger partial charge < -0.3 is 10.7 Å². The molecule has 0 spiro atoms. The summed E-state index contributed by atoms with van der Waals surface area (Å²) in [5.41, 5.74) is 7.32. The largest absolute Gasteiger partial charge is 0.369 e. The molecule has 2 aromatic heterocycles. The third-order valence-corrected chi connectivity index (χ3v) is 2.19. The molecule has 0 aliphatic heterocycles. The summed E-state index contributed by atoms with van der Waals surface area (Å²) < 4.78 is 24.6. The van der Waals surface area contributed by atoms with Crippen LogP contribution in [0.5, 0.6) is 0 Å². The first kappa shape index (κ1) is 10.5. The average molecular weight is 224 g/mol. The first-order valence-electron chi connectivity index (χ1n) is 4.64. The van der Waals surface area contributed by atoms with E-state index in [-0.39, 0.29) is 5.69 Å². The fourth-order valence-electron chi connectivity index (χ4n) is 1.44. The molecule has 4 nitrogen and oxygen atoms in total. The van der Waals surface area contributed by atoms with Gasteiger partial charge in [0.2, 0.25) is 0 Å². The lowest BCUT2D eigenvalue weighted by atomic mass is 10.1. The van der Waals surface area contributed by atoms with Crippen LogP contribution in [0.4, 0.5) is 14.7 Å². The first-order valence-corrected chi connectivity index (χ1v) is 4.64. The number of imidazole rings is 1. The molecule has 2 aromatic rings. The van der Waals surface area contributed by atoms with Crippen molar-refractivity contribution in [3.8, 4) is 11.3 Å². The van der Waals surface area contributed by atoms with E-state index in [2.05, 4.69) is 15.0 Å². The Hall–Kier alpha value is -1.98. The Balaban J connectivity index is 2.38. The number of nitrogens with two attached hydrogens (primary N) is 1. The monoisotopic (exact) mass is 224 g/mol. The molecular weight excluding hydrogens is 214 g/mol. The highest BCUT2D eigenvalue weighted by Gasteiger charge is 2.11. The van der Waals surface area contributed by atoms with Gasteiger partial charge >= 0.3 is 0 Å². The van der Waals surface area contributed by atoms with E-state index in [0.29, 0.717) is 17.2 Å². The van der Waals surface area contributed by atoms with Crippen LogP contribution in [0.1, 0.15) is 17.8 Å². The van der Waals surface area contributed by atoms with Crippen LogP contribution in [0.2, 0.25) is 0 Å². The Morgan fingerprint density at radius 1 is 1.38 bits per heavy atom. The van der Waals surface area contributed by atoms with E-state index in [1.165, 1.54) is 12.3 Å². The molecule has 0 aromatic carbocycles. The van der Waals surface area contributed by atoms with Gasteiger partial charge in [-0.1, -0.05) is 0 Å². The average Bonchev–Trinajstić information content (AvgIpc) is 2.58. The second-order valence-corrected chi connectivity index (χ2v) is 3.37. The maximum Gasteiger partial charge on any atom is 0.280 e. The van der Waals surface area contributed by atoms with Gasteiger partial charge in [0, 0.05) is 17.5 Å². The van der Waals surface area contributed by atoms with E-state index in [1.54, 1.807) is 13.0 Å². The minimum Gasteiger partial charge on any atom is -0.369 e. The van der Waals surface area contributed by atoms with Crippen molar-refractivity contribution in [1.82, 2.24) is 15.0 Å². The van der Waals surface area contributed by atoms with Gasteiger partial charge in [0.05, 0.1) is 5.69 Å². The number of hydrogen-bond donors (Lipinski definition) is 2. The van der Waals surface area contributed by atoms with Gasteiger partial charge in [-0.15, -0.1) is 0 Å². The Morgan fingerprint density at radius 2 is 2.12 bits per heavy atom. The van der Waals surface area contributed by atoms with Gasteiger partial charge in [-0.05, 0) is 19.1 Å². The van der Waals surface area contributed by atoms with Gasteiger partial charge in [0.1, 0.15) is 5.69 Å². The van der Waals surface area contributed by atoms with E-state index >= 15 is 0 Å². The standard InChI is InChI=1S/C10H10F2N4/c1-5-8(16-10(13)15-5)6-2-3-7(9(11)12)14-4-6/h2-4,9H,1H3,(H3,13,15,16). The van der Waals surface area contributed by atoms with Crippen LogP contribution in [0.15, 0.2) is 18.3 Å². The minimum atomic E-state index is -2.56. The number of aromatic nitrogens is 3. The molecule has 0 atom stereocenters. The van der Waals surface area contributed by atoms with Crippen LogP contribution in [-0.4, -0.2) is 15.0 Å². The number of anilines is 1. The number of alkyl halides is 2. The molecule has 6 heteroatoms. The third kappa shape index (κ3) is 1.86. The number of H-pyrrole nitrogens is 1. The summed E-state index contributed by atoms with van der Waals surface area (Å²) in [5, 5.41) is 0. The molecule has 0 bridgehead atoms. The molecule has 84 valence electrons. The van der Waals surface area contributed by atoms with E-state index in [1.807, 2.05) is 0 Å². The van der Waals surface area contributed by atoms with Crippen molar-refractivity contribution in [3.05, 3.63) is 29.7 Å². The second-order valence-electron chi connectivity index (χ2n) is 3.37. The topological polar surface area (TPSA) is 67.6 Å². The summed E-state index contributed by atoms with van der Waals surface area (Å²) in [4.78, 5) is 10.5. The Labute approximate surface area is 90.5 Å². The zero-order chi connectivity index (χ0) is 11.7. The molecule has 0 saturated carbocycles. The van der Waals surface area contributed by atoms with Gasteiger partial charge in [-0.3, -0.25) is 4.98 Å². The maximum atomic E-state index is 12.3. The van der Waals surface area contributed by atoms with Crippen molar-refractivity contribution in [3.63, 3.8) is 0 Å². The minimum absolute atomic E-state index is 0.245. The molecule has 0 saturated heterocycles. The SMILES string of the molecule is Cc1[nH]c(N)nc1-c1ccc(C(F)F)nc1. The number of pyridine rings is 1. The van der Waals surface area contributed by atoms with E-state index in [4.69, 9.17) is 5.73 Å². The maximum absolute atomic E-state index is 12.3. The predicted molar refractivity (Wildman–Crippen MR) is 55.9 cm³/mol. The van der Waals surface area contributed by atoms with Crippen molar-refractivity contribution >= 4 is 5.95 Å². The van der Waals surface area contributed by atoms with Gasteiger partial charge in [-0.2, -0.15) is 0 Å². The summed E-state index contributed by atoms with van der Waals surface area (Å²) in [7, 11) is 0. The highest BCUT2D eigenvalue weighted by atomic mass is 19.3. The first-order chi connectivity index (χ1) is 7.58. The predicted octanol–water partition coefficient (Wildman–Crippen LogP) is 2.30. The molecule has 2 rings (SSSR count). The van der Waals surface area contributed by atoms with Gasteiger partial charge in [0.15, 0.2) is 5.95 Å². The molecular formula is C10H10F2N4. The molecule has 0 aliphatic carbocycles. The number of nitrogens with one attached hydrogen (secondary N) is 1. The van der Waals surface area contributed by atoms with Crippen LogP contribution in [-0.2, 0) is 0 Å². The number of nitrogens with zero attached hydrogens (tertiary/aromatic N) is 2. The summed E-state index contributed by atoms with van der Waals surface area (Å²) in [5.74, 6) is 0.297. The fourth-order valence-corrected chi connectivity index (χ4v) is 1.44. The van der Waals surface area contributed by atoms with Crippen molar-refractivity contribution < 1.29 is 8.78 Å². The summed E-state index contributed by atoms with van der Waals surface area (Å²) in [6.07, 6.45) is -1.19. The van der Waals surface area contributed by atoms with Crippen LogP contribution in [0.3, 0.4) is 0 Å². The summed E-state index contributed by atoms with van der Waals surface area (Å²) in [6, 6.07) is 2.83. The van der Waals surface area contributed by atoms with Crippen molar-refractivity contribution in [2.45, 2.75) is 13.3 Å². The van der Waals surface area contributed by atoms with Gasteiger partial charge in [-0.25, -0.2) is 13.8 Å². The molecule has 16 heavy (non-hydrogen) atoms. The second kappa shape index (κ2) is 3.88. The molecule has 0 aliphatic rings. The van der Waals surface area contributed by atoms with Crippen molar-refractivity contribution in [2.75, 3.05) is 5.73 Å². The molecule has 3 N–H and O–H groups in total. The fraction of sp³-hybridized carbons (Fsp3) is 0.200. The molecule has 0 fully saturated rings. The zero-order valence-corrected chi connectivity index (χ0v) is 8.54. The van der Waals surface area contributed by atoms with Crippen LogP contribution < -0.4 is 5.73 Å². The Morgan fingerprint density at radius 3 is 2.56 bits per heavy atom. The lowest BCUT2D eigenvalue weighted by molar-refractivity contribution is 0.146. The highest BCUT2D eigenvalue weighted by Crippen LogP contribution is 2.23. The molecule has 0 radical (unpaired) electrons. The number of rotatable bonds is 2. The van der Waals surface area contributed by atoms with Crippen LogP contribution in [0, 0.1) is 6.92 Å². The number of nitrogen functional groups attached to an aromatic ring is 1. The number of aromatic amines is 1. The number of hydrogen-bond acceptors (Lipinski definition) is 3. The summed E-state index contributed by atoms with van der Waals surface area (Å²) >= 11 is 0. The quantitative estimate of drug-likeness (QED) is 0.822. The molecule has 0 amide bonds. The summed E-state index contributed by atoms with van der Waals surface area (Å²) in [6.45, 7) is 1.81.